The Hall–Kier alpha value is -3.52. The lowest BCUT2D eigenvalue weighted by molar-refractivity contribution is -0.126. The van der Waals surface area contributed by atoms with Gasteiger partial charge >= 0.3 is 0 Å². The zero-order chi connectivity index (χ0) is 21.5. The number of fused-ring (bicyclic) bond motifs is 1. The van der Waals surface area contributed by atoms with E-state index in [0.717, 1.165) is 16.5 Å². The van der Waals surface area contributed by atoms with Gasteiger partial charge in [-0.15, -0.1) is 12.4 Å². The van der Waals surface area contributed by atoms with Crippen molar-refractivity contribution >= 4 is 46.6 Å². The van der Waals surface area contributed by atoms with Crippen LogP contribution in [0.25, 0.3) is 10.9 Å². The number of nitrogens with one attached hydrogen (secondary N) is 5. The molecule has 8 nitrogen and oxygen atoms in total. The lowest BCUT2D eigenvalue weighted by Crippen LogP contribution is -2.43. The van der Waals surface area contributed by atoms with Gasteiger partial charge in [-0.3, -0.25) is 15.0 Å². The second kappa shape index (κ2) is 11.0. The summed E-state index contributed by atoms with van der Waals surface area (Å²) in [5, 5.41) is 17.1. The SMILES string of the molecule is CC(Nc1cccc(C(=N)N)c1)C(=O)NCC(=O)NCCc1c[nH]c2ccccc12.Cl. The molecule has 31 heavy (non-hydrogen) atoms. The Labute approximate surface area is 186 Å². The number of H-pyrrole nitrogens is 1. The van der Waals surface area contributed by atoms with E-state index < -0.39 is 6.04 Å². The van der Waals surface area contributed by atoms with Gasteiger partial charge in [0.15, 0.2) is 0 Å². The van der Waals surface area contributed by atoms with E-state index in [4.69, 9.17) is 11.1 Å². The second-order valence-electron chi connectivity index (χ2n) is 7.04. The second-order valence-corrected chi connectivity index (χ2v) is 7.04. The van der Waals surface area contributed by atoms with Crippen LogP contribution in [-0.2, 0) is 16.0 Å². The molecule has 7 N–H and O–H groups in total. The molecular weight excluding hydrogens is 416 g/mol. The predicted octanol–water partition coefficient (Wildman–Crippen LogP) is 2.15. The highest BCUT2D eigenvalue weighted by Gasteiger charge is 2.14. The normalized spacial score (nSPS) is 11.3. The first-order valence-corrected chi connectivity index (χ1v) is 9.74. The van der Waals surface area contributed by atoms with Gasteiger partial charge in [-0.1, -0.05) is 30.3 Å². The van der Waals surface area contributed by atoms with Crippen LogP contribution in [0, 0.1) is 5.41 Å². The number of nitrogens with two attached hydrogens (primary N) is 1. The standard InChI is InChI=1S/C22H26N6O2.ClH/c1-14(28-17-6-4-5-15(11-17)21(23)24)22(30)27-13-20(29)25-10-9-16-12-26-19-8-3-2-7-18(16)19;/h2-8,11-12,14,26,28H,9-10,13H2,1H3,(H3,23,24)(H,25,29)(H,27,30);1H. The molecule has 1 atom stereocenters. The van der Waals surface area contributed by atoms with Crippen molar-refractivity contribution in [3.8, 4) is 0 Å². The van der Waals surface area contributed by atoms with Crippen LogP contribution in [0.15, 0.2) is 54.7 Å². The number of benzene rings is 2. The molecule has 1 aromatic heterocycles. The third kappa shape index (κ3) is 6.48. The molecule has 0 fully saturated rings. The summed E-state index contributed by atoms with van der Waals surface area (Å²) in [5.41, 5.74) is 8.94. The molecule has 0 saturated carbocycles. The van der Waals surface area contributed by atoms with Crippen molar-refractivity contribution in [1.29, 1.82) is 5.41 Å². The topological polar surface area (TPSA) is 136 Å². The van der Waals surface area contributed by atoms with Gasteiger partial charge in [-0.25, -0.2) is 0 Å². The lowest BCUT2D eigenvalue weighted by atomic mass is 10.1. The summed E-state index contributed by atoms with van der Waals surface area (Å²) in [5.74, 6) is -0.580. The number of hydrogen-bond donors (Lipinski definition) is 6. The maximum atomic E-state index is 12.3. The van der Waals surface area contributed by atoms with Gasteiger partial charge in [-0.05, 0) is 37.1 Å². The number of para-hydroxylation sites is 1. The molecule has 0 aliphatic heterocycles. The average molecular weight is 443 g/mol. The predicted molar refractivity (Wildman–Crippen MR) is 126 cm³/mol. The minimum atomic E-state index is -0.550. The van der Waals surface area contributed by atoms with E-state index in [2.05, 4.69) is 20.9 Å². The van der Waals surface area contributed by atoms with Gasteiger partial charge in [0.1, 0.15) is 11.9 Å². The monoisotopic (exact) mass is 442 g/mol. The van der Waals surface area contributed by atoms with Crippen molar-refractivity contribution in [2.75, 3.05) is 18.4 Å². The van der Waals surface area contributed by atoms with Gasteiger partial charge in [0, 0.05) is 34.9 Å². The maximum absolute atomic E-state index is 12.3. The van der Waals surface area contributed by atoms with Crippen LogP contribution in [0.4, 0.5) is 5.69 Å². The lowest BCUT2D eigenvalue weighted by Gasteiger charge is -2.16. The summed E-state index contributed by atoms with van der Waals surface area (Å²) in [7, 11) is 0. The van der Waals surface area contributed by atoms with E-state index in [0.29, 0.717) is 24.2 Å². The van der Waals surface area contributed by atoms with E-state index in [-0.39, 0.29) is 36.6 Å². The molecule has 1 heterocycles. The van der Waals surface area contributed by atoms with Crippen molar-refractivity contribution in [1.82, 2.24) is 15.6 Å². The minimum Gasteiger partial charge on any atom is -0.384 e. The van der Waals surface area contributed by atoms with Gasteiger partial charge < -0.3 is 26.7 Å². The van der Waals surface area contributed by atoms with Crippen molar-refractivity contribution in [2.24, 2.45) is 5.73 Å². The van der Waals surface area contributed by atoms with Crippen LogP contribution < -0.4 is 21.7 Å². The van der Waals surface area contributed by atoms with Crippen molar-refractivity contribution in [3.05, 3.63) is 65.9 Å². The van der Waals surface area contributed by atoms with E-state index in [1.807, 2.05) is 30.5 Å². The number of aromatic amines is 1. The largest absolute Gasteiger partial charge is 0.384 e. The Morgan fingerprint density at radius 2 is 1.90 bits per heavy atom. The fourth-order valence-electron chi connectivity index (χ4n) is 3.15. The molecule has 2 amide bonds. The fourth-order valence-corrected chi connectivity index (χ4v) is 3.15. The van der Waals surface area contributed by atoms with Gasteiger partial charge in [-0.2, -0.15) is 0 Å². The number of hydrogen-bond acceptors (Lipinski definition) is 4. The van der Waals surface area contributed by atoms with Crippen LogP contribution in [0.1, 0.15) is 18.1 Å². The first-order chi connectivity index (χ1) is 14.4. The molecule has 9 heteroatoms. The highest BCUT2D eigenvalue weighted by molar-refractivity contribution is 5.96. The first-order valence-electron chi connectivity index (χ1n) is 9.74. The van der Waals surface area contributed by atoms with Crippen LogP contribution in [0.5, 0.6) is 0 Å². The Morgan fingerprint density at radius 3 is 2.68 bits per heavy atom. The van der Waals surface area contributed by atoms with E-state index >= 15 is 0 Å². The quantitative estimate of drug-likeness (QED) is 0.223. The number of amides is 2. The van der Waals surface area contributed by atoms with E-state index in [9.17, 15) is 9.59 Å². The molecule has 0 radical (unpaired) electrons. The Bertz CT molecular complexity index is 1060. The number of aromatic nitrogens is 1. The van der Waals surface area contributed by atoms with E-state index in [1.54, 1.807) is 31.2 Å². The van der Waals surface area contributed by atoms with Crippen molar-refractivity contribution < 1.29 is 9.59 Å². The smallest absolute Gasteiger partial charge is 0.242 e. The molecule has 0 aliphatic rings. The number of nitrogen functional groups attached to an aromatic ring is 1. The minimum absolute atomic E-state index is 0. The summed E-state index contributed by atoms with van der Waals surface area (Å²) in [6.07, 6.45) is 2.65. The third-order valence-corrected chi connectivity index (χ3v) is 4.76. The number of amidine groups is 1. The molecule has 0 saturated heterocycles. The molecule has 2 aromatic carbocycles. The zero-order valence-corrected chi connectivity index (χ0v) is 18.0. The number of anilines is 1. The fraction of sp³-hybridized carbons (Fsp3) is 0.227. The molecule has 0 bridgehead atoms. The van der Waals surface area contributed by atoms with Crippen LogP contribution in [-0.4, -0.2) is 41.8 Å². The molecule has 0 spiro atoms. The molecule has 3 aromatic rings. The highest BCUT2D eigenvalue weighted by atomic mass is 35.5. The van der Waals surface area contributed by atoms with Gasteiger partial charge in [0.25, 0.3) is 0 Å². The average Bonchev–Trinajstić information content (AvgIpc) is 3.15. The maximum Gasteiger partial charge on any atom is 0.242 e. The molecule has 0 aliphatic carbocycles. The number of halogens is 1. The molecule has 164 valence electrons. The summed E-state index contributed by atoms with van der Waals surface area (Å²) >= 11 is 0. The van der Waals surface area contributed by atoms with Crippen molar-refractivity contribution in [2.45, 2.75) is 19.4 Å². The van der Waals surface area contributed by atoms with Crippen LogP contribution in [0.2, 0.25) is 0 Å². The number of carbonyl (C=O) groups is 2. The van der Waals surface area contributed by atoms with Gasteiger partial charge in [0.05, 0.1) is 6.54 Å². The number of carbonyl (C=O) groups excluding carboxylic acids is 2. The zero-order valence-electron chi connectivity index (χ0n) is 17.2. The Morgan fingerprint density at radius 1 is 1.13 bits per heavy atom. The van der Waals surface area contributed by atoms with E-state index in [1.165, 1.54) is 0 Å². The molecular formula is C22H27ClN6O2. The molecule has 3 rings (SSSR count). The number of rotatable bonds is 9. The van der Waals surface area contributed by atoms with Crippen LogP contribution >= 0.6 is 12.4 Å². The Balaban J connectivity index is 0.00000341. The summed E-state index contributed by atoms with van der Waals surface area (Å²) < 4.78 is 0. The summed E-state index contributed by atoms with van der Waals surface area (Å²) in [6.45, 7) is 2.10. The van der Waals surface area contributed by atoms with Gasteiger partial charge in [0.2, 0.25) is 11.8 Å². The third-order valence-electron chi connectivity index (χ3n) is 4.76. The van der Waals surface area contributed by atoms with Crippen LogP contribution in [0.3, 0.4) is 0 Å². The Kier molecular flexibility index (Phi) is 8.45. The summed E-state index contributed by atoms with van der Waals surface area (Å²) in [4.78, 5) is 27.5. The molecule has 1 unspecified atom stereocenters. The summed E-state index contributed by atoms with van der Waals surface area (Å²) in [6, 6.07) is 14.4. The first kappa shape index (κ1) is 23.8. The highest BCUT2D eigenvalue weighted by Crippen LogP contribution is 2.17. The van der Waals surface area contributed by atoms with Crippen molar-refractivity contribution in [3.63, 3.8) is 0 Å².